The highest BCUT2D eigenvalue weighted by atomic mass is 16.6. The van der Waals surface area contributed by atoms with Crippen LogP contribution in [0.3, 0.4) is 0 Å². The largest absolute Gasteiger partial charge is 0.378 e. The van der Waals surface area contributed by atoms with E-state index in [0.717, 1.165) is 0 Å². The molecule has 0 saturated carbocycles. The fourth-order valence-corrected chi connectivity index (χ4v) is 2.74. The number of nitrogens with one attached hydrogen (secondary N) is 2. The summed E-state index contributed by atoms with van der Waals surface area (Å²) in [6.45, 7) is 3.12. The summed E-state index contributed by atoms with van der Waals surface area (Å²) >= 11 is 0. The van der Waals surface area contributed by atoms with E-state index in [4.69, 9.17) is 4.74 Å². The summed E-state index contributed by atoms with van der Waals surface area (Å²) in [5, 5.41) is 16.9. The minimum Gasteiger partial charge on any atom is -0.378 e. The summed E-state index contributed by atoms with van der Waals surface area (Å²) in [6, 6.07) is 6.06. The number of aromatic nitrogens is 2. The SMILES string of the molecule is O=C(NCCNc1ncccn1)c1cc([N+](=O)[O-])ccc1N1CCOCC1. The van der Waals surface area contributed by atoms with Crippen molar-refractivity contribution in [3.05, 3.63) is 52.3 Å². The Morgan fingerprint density at radius 2 is 1.96 bits per heavy atom. The van der Waals surface area contributed by atoms with E-state index in [1.54, 1.807) is 24.5 Å². The van der Waals surface area contributed by atoms with Crippen molar-refractivity contribution in [1.82, 2.24) is 15.3 Å². The van der Waals surface area contributed by atoms with E-state index < -0.39 is 4.92 Å². The van der Waals surface area contributed by atoms with Crippen LogP contribution in [-0.4, -0.2) is 60.2 Å². The molecule has 2 N–H and O–H groups in total. The maximum Gasteiger partial charge on any atom is 0.270 e. The first-order chi connectivity index (χ1) is 13.1. The molecule has 0 aliphatic carbocycles. The minimum atomic E-state index is -0.506. The topological polar surface area (TPSA) is 123 Å². The second-order valence-electron chi connectivity index (χ2n) is 5.81. The number of nitro benzene ring substituents is 1. The smallest absolute Gasteiger partial charge is 0.270 e. The number of carbonyl (C=O) groups is 1. The van der Waals surface area contributed by atoms with Crippen molar-refractivity contribution in [1.29, 1.82) is 0 Å². The highest BCUT2D eigenvalue weighted by Gasteiger charge is 2.21. The number of nitrogens with zero attached hydrogens (tertiary/aromatic N) is 4. The summed E-state index contributed by atoms with van der Waals surface area (Å²) in [5.41, 5.74) is 0.829. The van der Waals surface area contributed by atoms with Crippen LogP contribution < -0.4 is 15.5 Å². The Labute approximate surface area is 155 Å². The lowest BCUT2D eigenvalue weighted by atomic mass is 10.1. The van der Waals surface area contributed by atoms with Gasteiger partial charge in [-0.05, 0) is 12.1 Å². The van der Waals surface area contributed by atoms with E-state index in [-0.39, 0.29) is 17.2 Å². The molecule has 2 aromatic rings. The fourth-order valence-electron chi connectivity index (χ4n) is 2.74. The summed E-state index contributed by atoms with van der Waals surface area (Å²) in [7, 11) is 0. The van der Waals surface area contributed by atoms with Crippen molar-refractivity contribution in [2.75, 3.05) is 49.6 Å². The van der Waals surface area contributed by atoms with Crippen molar-refractivity contribution in [2.45, 2.75) is 0 Å². The predicted octanol–water partition coefficient (Wildman–Crippen LogP) is 1.06. The van der Waals surface area contributed by atoms with Crippen LogP contribution in [0.15, 0.2) is 36.7 Å². The average Bonchev–Trinajstić information content (AvgIpc) is 2.72. The first-order valence-electron chi connectivity index (χ1n) is 8.55. The molecule has 10 heteroatoms. The quantitative estimate of drug-likeness (QED) is 0.420. The number of ether oxygens (including phenoxy) is 1. The second-order valence-corrected chi connectivity index (χ2v) is 5.81. The van der Waals surface area contributed by atoms with Crippen LogP contribution in [0.5, 0.6) is 0 Å². The highest BCUT2D eigenvalue weighted by Crippen LogP contribution is 2.26. The maximum absolute atomic E-state index is 12.6. The molecule has 1 saturated heterocycles. The zero-order valence-corrected chi connectivity index (χ0v) is 14.6. The molecule has 0 spiro atoms. The van der Waals surface area contributed by atoms with Crippen LogP contribution in [0.25, 0.3) is 0 Å². The zero-order valence-electron chi connectivity index (χ0n) is 14.6. The Morgan fingerprint density at radius 3 is 2.67 bits per heavy atom. The van der Waals surface area contributed by atoms with E-state index in [0.29, 0.717) is 51.0 Å². The van der Waals surface area contributed by atoms with E-state index in [9.17, 15) is 14.9 Å². The van der Waals surface area contributed by atoms with Crippen LogP contribution in [-0.2, 0) is 4.74 Å². The van der Waals surface area contributed by atoms with E-state index in [1.165, 1.54) is 12.1 Å². The molecule has 0 atom stereocenters. The van der Waals surface area contributed by atoms with Crippen molar-refractivity contribution in [3.8, 4) is 0 Å². The van der Waals surface area contributed by atoms with Crippen LogP contribution in [0.2, 0.25) is 0 Å². The number of hydrogen-bond donors (Lipinski definition) is 2. The number of nitro groups is 1. The van der Waals surface area contributed by atoms with Crippen molar-refractivity contribution in [3.63, 3.8) is 0 Å². The lowest BCUT2D eigenvalue weighted by Gasteiger charge is -2.30. The number of anilines is 2. The van der Waals surface area contributed by atoms with Gasteiger partial charge in [-0.15, -0.1) is 0 Å². The number of benzene rings is 1. The minimum absolute atomic E-state index is 0.118. The van der Waals surface area contributed by atoms with Gasteiger partial charge in [0, 0.05) is 50.7 Å². The molecule has 1 aromatic carbocycles. The number of rotatable bonds is 7. The fraction of sp³-hybridized carbons (Fsp3) is 0.353. The Balaban J connectivity index is 1.67. The van der Waals surface area contributed by atoms with Gasteiger partial charge >= 0.3 is 0 Å². The molecule has 1 amide bonds. The van der Waals surface area contributed by atoms with Crippen molar-refractivity contribution in [2.24, 2.45) is 0 Å². The summed E-state index contributed by atoms with van der Waals surface area (Å²) < 4.78 is 5.33. The predicted molar refractivity (Wildman–Crippen MR) is 99.0 cm³/mol. The van der Waals surface area contributed by atoms with E-state index >= 15 is 0 Å². The Bertz CT molecular complexity index is 795. The van der Waals surface area contributed by atoms with Gasteiger partial charge in [-0.25, -0.2) is 9.97 Å². The third kappa shape index (κ3) is 4.88. The average molecular weight is 372 g/mol. The van der Waals surface area contributed by atoms with Crippen molar-refractivity contribution >= 4 is 23.2 Å². The molecule has 1 aliphatic heterocycles. The Kier molecular flexibility index (Phi) is 6.10. The molecule has 1 aliphatic rings. The normalized spacial score (nSPS) is 13.9. The van der Waals surface area contributed by atoms with E-state index in [1.807, 2.05) is 4.90 Å². The molecule has 10 nitrogen and oxygen atoms in total. The van der Waals surface area contributed by atoms with Crippen LogP contribution in [0.1, 0.15) is 10.4 Å². The number of carbonyl (C=O) groups excluding carboxylic acids is 1. The first kappa shape index (κ1) is 18.5. The molecule has 3 rings (SSSR count). The van der Waals surface area contributed by atoms with Crippen LogP contribution >= 0.6 is 0 Å². The second kappa shape index (κ2) is 8.90. The van der Waals surface area contributed by atoms with Gasteiger partial charge in [0.25, 0.3) is 11.6 Å². The first-order valence-corrected chi connectivity index (χ1v) is 8.55. The molecule has 1 aromatic heterocycles. The standard InChI is InChI=1S/C17H20N6O4/c24-16(18-6-7-21-17-19-4-1-5-20-17)14-12-13(23(25)26)2-3-15(14)22-8-10-27-11-9-22/h1-5,12H,6-11H2,(H,18,24)(H,19,20,21). The molecular formula is C17H20N6O4. The lowest BCUT2D eigenvalue weighted by Crippen LogP contribution is -2.38. The van der Waals surface area contributed by atoms with E-state index in [2.05, 4.69) is 20.6 Å². The summed E-state index contributed by atoms with van der Waals surface area (Å²) in [5.74, 6) is 0.104. The third-order valence-electron chi connectivity index (χ3n) is 4.05. The highest BCUT2D eigenvalue weighted by molar-refractivity contribution is 6.00. The molecule has 27 heavy (non-hydrogen) atoms. The maximum atomic E-state index is 12.6. The van der Waals surface area contributed by atoms with Gasteiger partial charge in [0.1, 0.15) is 0 Å². The number of non-ortho nitro benzene ring substituents is 1. The van der Waals surface area contributed by atoms with Crippen LogP contribution in [0, 0.1) is 10.1 Å². The number of amides is 1. The zero-order chi connectivity index (χ0) is 19.1. The van der Waals surface area contributed by atoms with Gasteiger partial charge in [0.15, 0.2) is 0 Å². The Morgan fingerprint density at radius 1 is 1.22 bits per heavy atom. The van der Waals surface area contributed by atoms with Gasteiger partial charge < -0.3 is 20.3 Å². The number of hydrogen-bond acceptors (Lipinski definition) is 8. The molecule has 0 radical (unpaired) electrons. The third-order valence-corrected chi connectivity index (χ3v) is 4.05. The van der Waals surface area contributed by atoms with Crippen molar-refractivity contribution < 1.29 is 14.5 Å². The molecule has 2 heterocycles. The van der Waals surface area contributed by atoms with Gasteiger partial charge in [-0.1, -0.05) is 0 Å². The molecule has 142 valence electrons. The van der Waals surface area contributed by atoms with Crippen LogP contribution in [0.4, 0.5) is 17.3 Å². The Hall–Kier alpha value is -3.27. The van der Waals surface area contributed by atoms with Gasteiger partial charge in [0.05, 0.1) is 29.4 Å². The van der Waals surface area contributed by atoms with Gasteiger partial charge in [-0.3, -0.25) is 14.9 Å². The molecule has 0 bridgehead atoms. The monoisotopic (exact) mass is 372 g/mol. The summed E-state index contributed by atoms with van der Waals surface area (Å²) in [4.78, 5) is 33.3. The number of morpholine rings is 1. The molecule has 1 fully saturated rings. The van der Waals surface area contributed by atoms with Gasteiger partial charge in [0.2, 0.25) is 5.95 Å². The van der Waals surface area contributed by atoms with Gasteiger partial charge in [-0.2, -0.15) is 0 Å². The molecule has 0 unspecified atom stereocenters. The molecular weight excluding hydrogens is 352 g/mol. The lowest BCUT2D eigenvalue weighted by molar-refractivity contribution is -0.384. The summed E-state index contributed by atoms with van der Waals surface area (Å²) in [6.07, 6.45) is 3.23.